The molecule has 1 saturated heterocycles. The van der Waals surface area contributed by atoms with Gasteiger partial charge in [-0.05, 0) is 31.9 Å². The predicted molar refractivity (Wildman–Crippen MR) is 90.2 cm³/mol. The summed E-state index contributed by atoms with van der Waals surface area (Å²) in [6.45, 7) is 3.24. The van der Waals surface area contributed by atoms with Crippen LogP contribution >= 0.6 is 23.2 Å². The van der Waals surface area contributed by atoms with Crippen LogP contribution in [-0.2, 0) is 4.74 Å². The fourth-order valence-electron chi connectivity index (χ4n) is 2.37. The first kappa shape index (κ1) is 17.7. The summed E-state index contributed by atoms with van der Waals surface area (Å²) in [5.74, 6) is 0. The van der Waals surface area contributed by atoms with E-state index in [1.165, 1.54) is 0 Å². The van der Waals surface area contributed by atoms with Gasteiger partial charge in [-0.25, -0.2) is 9.59 Å². The SMILES string of the molecule is CCOC(=O)N1CCC(NC(=O)Nc2c(Cl)cccc2Cl)CC1. The molecule has 23 heavy (non-hydrogen) atoms. The fraction of sp³-hybridized carbons (Fsp3) is 0.467. The van der Waals surface area contributed by atoms with Crippen molar-refractivity contribution in [1.29, 1.82) is 0 Å². The molecular formula is C15H19Cl2N3O3. The highest BCUT2D eigenvalue weighted by molar-refractivity contribution is 6.39. The number of amides is 3. The molecule has 2 N–H and O–H groups in total. The first-order valence-electron chi connectivity index (χ1n) is 7.44. The molecule has 3 amide bonds. The molecule has 0 aromatic heterocycles. The standard InChI is InChI=1S/C15H19Cl2N3O3/c1-2-23-15(22)20-8-6-10(7-9-20)18-14(21)19-13-11(16)4-3-5-12(13)17/h3-5,10H,2,6-9H2,1H3,(H2,18,19,21). The Morgan fingerprint density at radius 1 is 1.26 bits per heavy atom. The average Bonchev–Trinajstić information content (AvgIpc) is 2.52. The first-order valence-corrected chi connectivity index (χ1v) is 8.20. The third-order valence-electron chi connectivity index (χ3n) is 3.56. The Bertz CT molecular complexity index is 555. The van der Waals surface area contributed by atoms with E-state index in [-0.39, 0.29) is 18.2 Å². The summed E-state index contributed by atoms with van der Waals surface area (Å²) >= 11 is 12.0. The van der Waals surface area contributed by atoms with Gasteiger partial charge in [0.1, 0.15) is 0 Å². The lowest BCUT2D eigenvalue weighted by Gasteiger charge is -2.31. The number of halogens is 2. The second kappa shape index (κ2) is 8.26. The zero-order valence-corrected chi connectivity index (χ0v) is 14.3. The smallest absolute Gasteiger partial charge is 0.409 e. The molecule has 8 heteroatoms. The average molecular weight is 360 g/mol. The van der Waals surface area contributed by atoms with Gasteiger partial charge < -0.3 is 20.3 Å². The normalized spacial score (nSPS) is 15.2. The Morgan fingerprint density at radius 2 is 1.87 bits per heavy atom. The molecule has 1 fully saturated rings. The van der Waals surface area contributed by atoms with Crippen molar-refractivity contribution in [3.63, 3.8) is 0 Å². The van der Waals surface area contributed by atoms with Crippen molar-refractivity contribution in [3.05, 3.63) is 28.2 Å². The maximum absolute atomic E-state index is 12.1. The molecule has 0 aliphatic carbocycles. The number of ether oxygens (including phenoxy) is 1. The molecule has 0 radical (unpaired) electrons. The maximum Gasteiger partial charge on any atom is 0.409 e. The number of rotatable bonds is 3. The van der Waals surface area contributed by atoms with Gasteiger partial charge in [0.2, 0.25) is 0 Å². The van der Waals surface area contributed by atoms with Crippen LogP contribution in [0.5, 0.6) is 0 Å². The second-order valence-electron chi connectivity index (χ2n) is 5.16. The summed E-state index contributed by atoms with van der Waals surface area (Å²) in [5, 5.41) is 6.29. The van der Waals surface area contributed by atoms with Crippen LogP contribution in [0.2, 0.25) is 10.0 Å². The Morgan fingerprint density at radius 3 is 2.43 bits per heavy atom. The number of nitrogens with one attached hydrogen (secondary N) is 2. The Kier molecular flexibility index (Phi) is 6.36. The molecule has 0 unspecified atom stereocenters. The highest BCUT2D eigenvalue weighted by Gasteiger charge is 2.24. The van der Waals surface area contributed by atoms with Gasteiger partial charge in [0.25, 0.3) is 0 Å². The molecular weight excluding hydrogens is 341 g/mol. The van der Waals surface area contributed by atoms with Crippen molar-refractivity contribution in [3.8, 4) is 0 Å². The van der Waals surface area contributed by atoms with Gasteiger partial charge in [-0.1, -0.05) is 29.3 Å². The number of nitrogens with zero attached hydrogens (tertiary/aromatic N) is 1. The number of likely N-dealkylation sites (tertiary alicyclic amines) is 1. The summed E-state index contributed by atoms with van der Waals surface area (Å²) in [6, 6.07) is 4.64. The summed E-state index contributed by atoms with van der Waals surface area (Å²) in [6.07, 6.45) is 1.03. The number of hydrogen-bond donors (Lipinski definition) is 2. The van der Waals surface area contributed by atoms with E-state index in [4.69, 9.17) is 27.9 Å². The van der Waals surface area contributed by atoms with Crippen LogP contribution in [0, 0.1) is 0 Å². The van der Waals surface area contributed by atoms with Crippen molar-refractivity contribution in [2.45, 2.75) is 25.8 Å². The molecule has 0 saturated carbocycles. The Balaban J connectivity index is 1.82. The third-order valence-corrected chi connectivity index (χ3v) is 4.19. The van der Waals surface area contributed by atoms with E-state index in [1.54, 1.807) is 30.0 Å². The lowest BCUT2D eigenvalue weighted by Crippen LogP contribution is -2.47. The van der Waals surface area contributed by atoms with Gasteiger partial charge in [0.15, 0.2) is 0 Å². The molecule has 2 rings (SSSR count). The van der Waals surface area contributed by atoms with Crippen molar-refractivity contribution in [2.24, 2.45) is 0 Å². The highest BCUT2D eigenvalue weighted by atomic mass is 35.5. The fourth-order valence-corrected chi connectivity index (χ4v) is 2.87. The molecule has 0 atom stereocenters. The second-order valence-corrected chi connectivity index (χ2v) is 5.97. The van der Waals surface area contributed by atoms with Crippen molar-refractivity contribution in [1.82, 2.24) is 10.2 Å². The number of benzene rings is 1. The lowest BCUT2D eigenvalue weighted by atomic mass is 10.1. The van der Waals surface area contributed by atoms with Crippen molar-refractivity contribution >= 4 is 41.0 Å². The topological polar surface area (TPSA) is 70.7 Å². The number of anilines is 1. The van der Waals surface area contributed by atoms with Crippen molar-refractivity contribution < 1.29 is 14.3 Å². The number of carbonyl (C=O) groups excluding carboxylic acids is 2. The van der Waals surface area contributed by atoms with Gasteiger partial charge in [-0.2, -0.15) is 0 Å². The largest absolute Gasteiger partial charge is 0.450 e. The number of para-hydroxylation sites is 1. The Hall–Kier alpha value is -1.66. The van der Waals surface area contributed by atoms with Gasteiger partial charge in [0, 0.05) is 19.1 Å². The molecule has 1 aromatic carbocycles. The monoisotopic (exact) mass is 359 g/mol. The minimum Gasteiger partial charge on any atom is -0.450 e. The van der Waals surface area contributed by atoms with Crippen LogP contribution in [0.4, 0.5) is 15.3 Å². The third kappa shape index (κ3) is 4.91. The number of carbonyl (C=O) groups is 2. The quantitative estimate of drug-likeness (QED) is 0.863. The van der Waals surface area contributed by atoms with Crippen molar-refractivity contribution in [2.75, 3.05) is 25.0 Å². The van der Waals surface area contributed by atoms with Gasteiger partial charge >= 0.3 is 12.1 Å². The highest BCUT2D eigenvalue weighted by Crippen LogP contribution is 2.29. The molecule has 0 spiro atoms. The number of piperidine rings is 1. The molecule has 126 valence electrons. The molecule has 6 nitrogen and oxygen atoms in total. The summed E-state index contributed by atoms with van der Waals surface area (Å²) in [4.78, 5) is 25.3. The van der Waals surface area contributed by atoms with Gasteiger partial charge in [0.05, 0.1) is 22.3 Å². The molecule has 1 aliphatic rings. The van der Waals surface area contributed by atoms with E-state index in [9.17, 15) is 9.59 Å². The number of hydrogen-bond acceptors (Lipinski definition) is 3. The minimum atomic E-state index is -0.366. The van der Waals surface area contributed by atoms with E-state index in [0.29, 0.717) is 48.3 Å². The molecule has 1 aromatic rings. The molecule has 1 heterocycles. The van der Waals surface area contributed by atoms with Crippen LogP contribution in [0.25, 0.3) is 0 Å². The maximum atomic E-state index is 12.1. The Labute approximate surface area is 145 Å². The zero-order valence-electron chi connectivity index (χ0n) is 12.8. The number of urea groups is 1. The van der Waals surface area contributed by atoms with E-state index in [1.807, 2.05) is 0 Å². The summed E-state index contributed by atoms with van der Waals surface area (Å²) in [5.41, 5.74) is 0.386. The van der Waals surface area contributed by atoms with Crippen LogP contribution in [-0.4, -0.2) is 42.8 Å². The van der Waals surface area contributed by atoms with E-state index >= 15 is 0 Å². The predicted octanol–water partition coefficient (Wildman–Crippen LogP) is 3.74. The van der Waals surface area contributed by atoms with Gasteiger partial charge in [-0.15, -0.1) is 0 Å². The van der Waals surface area contributed by atoms with Crippen LogP contribution in [0.15, 0.2) is 18.2 Å². The van der Waals surface area contributed by atoms with E-state index in [2.05, 4.69) is 10.6 Å². The van der Waals surface area contributed by atoms with Gasteiger partial charge in [-0.3, -0.25) is 0 Å². The zero-order chi connectivity index (χ0) is 16.8. The minimum absolute atomic E-state index is 0.0121. The van der Waals surface area contributed by atoms with E-state index in [0.717, 1.165) is 0 Å². The lowest BCUT2D eigenvalue weighted by molar-refractivity contribution is 0.0959. The summed E-state index contributed by atoms with van der Waals surface area (Å²) in [7, 11) is 0. The first-order chi connectivity index (χ1) is 11.0. The summed E-state index contributed by atoms with van der Waals surface area (Å²) < 4.78 is 4.96. The molecule has 0 bridgehead atoms. The van der Waals surface area contributed by atoms with Crippen LogP contribution in [0.3, 0.4) is 0 Å². The van der Waals surface area contributed by atoms with Crippen LogP contribution < -0.4 is 10.6 Å². The van der Waals surface area contributed by atoms with E-state index < -0.39 is 0 Å². The van der Waals surface area contributed by atoms with Crippen LogP contribution in [0.1, 0.15) is 19.8 Å². The molecule has 1 aliphatic heterocycles.